The van der Waals surface area contributed by atoms with Gasteiger partial charge in [-0.15, -0.1) is 0 Å². The lowest BCUT2D eigenvalue weighted by Gasteiger charge is -2.34. The van der Waals surface area contributed by atoms with Gasteiger partial charge >= 0.3 is 0 Å². The average molecular weight is 613 g/mol. The summed E-state index contributed by atoms with van der Waals surface area (Å²) in [6.07, 6.45) is 6.70. The highest BCUT2D eigenvalue weighted by molar-refractivity contribution is 6.33. The highest BCUT2D eigenvalue weighted by Crippen LogP contribution is 2.31. The second kappa shape index (κ2) is 12.2. The van der Waals surface area contributed by atoms with Crippen molar-refractivity contribution < 1.29 is 19.2 Å². The second-order valence-corrected chi connectivity index (χ2v) is 12.0. The van der Waals surface area contributed by atoms with E-state index in [0.717, 1.165) is 22.0 Å². The predicted octanol–water partition coefficient (Wildman–Crippen LogP) is 4.50. The molecule has 11 heteroatoms. The summed E-state index contributed by atoms with van der Waals surface area (Å²) < 4.78 is 1.77. The van der Waals surface area contributed by atoms with E-state index in [1.807, 2.05) is 37.3 Å². The smallest absolute Gasteiger partial charge is 0.249 e. The third-order valence-electron chi connectivity index (χ3n) is 8.52. The van der Waals surface area contributed by atoms with Crippen LogP contribution in [0.15, 0.2) is 67.1 Å². The summed E-state index contributed by atoms with van der Waals surface area (Å²) in [6.45, 7) is 4.43. The monoisotopic (exact) mass is 612 g/mol. The number of hydrogen-bond acceptors (Lipinski definition) is 6. The number of carbonyl (C=O) groups excluding carboxylic acids is 4. The number of Topliss-reactive ketones (excluding diaryl/α,β-unsaturated/α-hetero) is 1. The number of piperidine rings is 1. The van der Waals surface area contributed by atoms with E-state index >= 15 is 0 Å². The summed E-state index contributed by atoms with van der Waals surface area (Å²) in [5.74, 6) is -0.765. The van der Waals surface area contributed by atoms with Crippen molar-refractivity contribution in [2.24, 2.45) is 5.92 Å². The molecule has 4 aromatic rings. The van der Waals surface area contributed by atoms with Crippen LogP contribution in [0.25, 0.3) is 22.0 Å². The maximum atomic E-state index is 13.8. The Balaban J connectivity index is 1.20. The number of likely N-dealkylation sites (tertiary alicyclic amines) is 1. The van der Waals surface area contributed by atoms with E-state index in [0.29, 0.717) is 48.6 Å². The topological polar surface area (TPSA) is 118 Å². The number of rotatable bonds is 7. The first kappa shape index (κ1) is 29.5. The molecule has 2 saturated heterocycles. The number of nitrogens with one attached hydrogen (secondary N) is 1. The summed E-state index contributed by atoms with van der Waals surface area (Å²) in [6, 6.07) is 13.3. The molecule has 0 bridgehead atoms. The third kappa shape index (κ3) is 5.69. The van der Waals surface area contributed by atoms with Crippen LogP contribution < -0.4 is 10.2 Å². The van der Waals surface area contributed by atoms with Crippen molar-refractivity contribution >= 4 is 51.7 Å². The van der Waals surface area contributed by atoms with Gasteiger partial charge in [-0.25, -0.2) is 0 Å². The SMILES string of the molecule is CC(=O)c1cn(CC(=O)N2C[C@@H](C)C[C@@H]2C(=O)NC2CCCN(c3ccccc3Cl)C2=O)c2ccc(-c3ccnnc3)cc12. The molecule has 2 aliphatic heterocycles. The maximum Gasteiger partial charge on any atom is 0.249 e. The van der Waals surface area contributed by atoms with E-state index < -0.39 is 12.1 Å². The fourth-order valence-corrected chi connectivity index (χ4v) is 6.58. The highest BCUT2D eigenvalue weighted by atomic mass is 35.5. The number of amides is 3. The van der Waals surface area contributed by atoms with E-state index in [1.165, 1.54) is 6.92 Å². The van der Waals surface area contributed by atoms with E-state index in [1.54, 1.807) is 51.2 Å². The lowest BCUT2D eigenvalue weighted by Crippen LogP contribution is -2.56. The number of hydrogen-bond donors (Lipinski definition) is 1. The van der Waals surface area contributed by atoms with Gasteiger partial charge in [0, 0.05) is 41.3 Å². The van der Waals surface area contributed by atoms with Crippen LogP contribution in [0.4, 0.5) is 5.69 Å². The Bertz CT molecular complexity index is 1760. The number of anilines is 1. The Morgan fingerprint density at radius 3 is 2.64 bits per heavy atom. The molecule has 44 heavy (non-hydrogen) atoms. The number of fused-ring (bicyclic) bond motifs is 1. The van der Waals surface area contributed by atoms with E-state index in [4.69, 9.17) is 11.6 Å². The highest BCUT2D eigenvalue weighted by Gasteiger charge is 2.40. The molecule has 2 aliphatic rings. The van der Waals surface area contributed by atoms with Crippen molar-refractivity contribution in [1.29, 1.82) is 0 Å². The van der Waals surface area contributed by atoms with Crippen molar-refractivity contribution in [2.75, 3.05) is 18.0 Å². The molecule has 10 nitrogen and oxygen atoms in total. The predicted molar refractivity (Wildman–Crippen MR) is 167 cm³/mol. The Morgan fingerprint density at radius 1 is 1.07 bits per heavy atom. The Labute approximate surface area is 260 Å². The van der Waals surface area contributed by atoms with Crippen LogP contribution in [0, 0.1) is 5.92 Å². The van der Waals surface area contributed by atoms with Crippen LogP contribution in [-0.4, -0.2) is 68.3 Å². The average Bonchev–Trinajstić information content (AvgIpc) is 3.59. The van der Waals surface area contributed by atoms with E-state index in [9.17, 15) is 19.2 Å². The zero-order chi connectivity index (χ0) is 31.0. The second-order valence-electron chi connectivity index (χ2n) is 11.6. The van der Waals surface area contributed by atoms with Crippen LogP contribution >= 0.6 is 11.6 Å². The molecule has 4 heterocycles. The molecule has 2 aromatic heterocycles. The minimum absolute atomic E-state index is 0.0287. The van der Waals surface area contributed by atoms with E-state index in [2.05, 4.69) is 15.5 Å². The van der Waals surface area contributed by atoms with Crippen LogP contribution in [0.5, 0.6) is 0 Å². The summed E-state index contributed by atoms with van der Waals surface area (Å²) in [5.41, 5.74) is 3.63. The van der Waals surface area contributed by atoms with Crippen molar-refractivity contribution in [3.8, 4) is 11.1 Å². The van der Waals surface area contributed by atoms with Gasteiger partial charge in [0.25, 0.3) is 0 Å². The lowest BCUT2D eigenvalue weighted by atomic mass is 10.0. The molecular formula is C33H33ClN6O4. The minimum Gasteiger partial charge on any atom is -0.342 e. The third-order valence-corrected chi connectivity index (χ3v) is 8.83. The number of benzene rings is 2. The minimum atomic E-state index is -0.698. The molecule has 1 unspecified atom stereocenters. The Kier molecular flexibility index (Phi) is 8.18. The van der Waals surface area contributed by atoms with Gasteiger partial charge in [-0.05, 0) is 68.0 Å². The first-order valence-corrected chi connectivity index (χ1v) is 15.2. The molecule has 0 spiro atoms. The fourth-order valence-electron chi connectivity index (χ4n) is 6.34. The van der Waals surface area contributed by atoms with Crippen LogP contribution in [0.3, 0.4) is 0 Å². The molecule has 3 amide bonds. The van der Waals surface area contributed by atoms with Crippen molar-refractivity contribution in [3.63, 3.8) is 0 Å². The number of nitrogens with zero attached hydrogens (tertiary/aromatic N) is 5. The molecular weight excluding hydrogens is 580 g/mol. The molecule has 226 valence electrons. The lowest BCUT2D eigenvalue weighted by molar-refractivity contribution is -0.139. The van der Waals surface area contributed by atoms with Gasteiger partial charge in [-0.1, -0.05) is 36.7 Å². The Morgan fingerprint density at radius 2 is 1.89 bits per heavy atom. The zero-order valence-electron chi connectivity index (χ0n) is 24.6. The molecule has 0 radical (unpaired) electrons. The van der Waals surface area contributed by atoms with Crippen LogP contribution in [-0.2, 0) is 20.9 Å². The number of halogens is 1. The summed E-state index contributed by atoms with van der Waals surface area (Å²) >= 11 is 6.36. The summed E-state index contributed by atoms with van der Waals surface area (Å²) in [5, 5.41) is 11.9. The molecule has 0 saturated carbocycles. The number of carbonyl (C=O) groups is 4. The number of para-hydroxylation sites is 1. The normalized spacial score (nSPS) is 20.2. The first-order chi connectivity index (χ1) is 21.2. The first-order valence-electron chi connectivity index (χ1n) is 14.8. The van der Waals surface area contributed by atoms with Gasteiger partial charge in [-0.3, -0.25) is 19.2 Å². The van der Waals surface area contributed by atoms with Crippen LogP contribution in [0.1, 0.15) is 43.5 Å². The number of ketones is 1. The van der Waals surface area contributed by atoms with E-state index in [-0.39, 0.29) is 36.0 Å². The largest absolute Gasteiger partial charge is 0.342 e. The van der Waals surface area contributed by atoms with Gasteiger partial charge in [0.1, 0.15) is 18.6 Å². The molecule has 2 aromatic carbocycles. The molecule has 3 atom stereocenters. The van der Waals surface area contributed by atoms with Crippen molar-refractivity contribution in [3.05, 3.63) is 77.7 Å². The molecule has 6 rings (SSSR count). The Hall–Kier alpha value is -4.57. The molecule has 1 N–H and O–H groups in total. The van der Waals surface area contributed by atoms with Crippen molar-refractivity contribution in [2.45, 2.75) is 51.7 Å². The van der Waals surface area contributed by atoms with Gasteiger partial charge in [0.15, 0.2) is 5.78 Å². The molecule has 2 fully saturated rings. The van der Waals surface area contributed by atoms with Crippen molar-refractivity contribution in [1.82, 2.24) is 25.0 Å². The van der Waals surface area contributed by atoms with Crippen LogP contribution in [0.2, 0.25) is 5.02 Å². The quantitative estimate of drug-likeness (QED) is 0.307. The summed E-state index contributed by atoms with van der Waals surface area (Å²) in [4.78, 5) is 56.5. The number of aromatic nitrogens is 3. The standard InChI is InChI=1S/C33H33ClN6O4/c1-20-14-30(32(43)37-27-7-5-13-39(33(27)44)29-8-4-3-6-26(29)34)40(17-20)31(42)19-38-18-25(21(2)41)24-15-22(9-10-28(24)38)23-11-12-35-36-16-23/h3-4,6,8-12,15-16,18,20,27,30H,5,7,13-14,17,19H2,1-2H3,(H,37,43)/t20-,27?,30+/m0/s1. The molecule has 0 aliphatic carbocycles. The van der Waals surface area contributed by atoms with Gasteiger partial charge < -0.3 is 19.7 Å². The maximum absolute atomic E-state index is 13.8. The fraction of sp³-hybridized carbons (Fsp3) is 0.333. The zero-order valence-corrected chi connectivity index (χ0v) is 25.3. The van der Waals surface area contributed by atoms with Gasteiger partial charge in [0.2, 0.25) is 17.7 Å². The van der Waals surface area contributed by atoms with Gasteiger partial charge in [0.05, 0.1) is 23.1 Å². The van der Waals surface area contributed by atoms with Gasteiger partial charge in [-0.2, -0.15) is 10.2 Å². The summed E-state index contributed by atoms with van der Waals surface area (Å²) in [7, 11) is 0.